The van der Waals surface area contributed by atoms with E-state index in [4.69, 9.17) is 16.7 Å². The van der Waals surface area contributed by atoms with Crippen molar-refractivity contribution in [1.29, 1.82) is 0 Å². The normalized spacial score (nSPS) is 18.4. The van der Waals surface area contributed by atoms with Crippen molar-refractivity contribution in [2.45, 2.75) is 11.7 Å². The zero-order chi connectivity index (χ0) is 18.5. The lowest BCUT2D eigenvalue weighted by atomic mass is 10.0. The highest BCUT2D eigenvalue weighted by atomic mass is 35.5. The molecule has 2 aromatic rings. The van der Waals surface area contributed by atoms with Crippen LogP contribution in [0.2, 0.25) is 5.02 Å². The summed E-state index contributed by atoms with van der Waals surface area (Å²) in [4.78, 5) is 22.3. The molecule has 0 aromatic heterocycles. The van der Waals surface area contributed by atoms with Crippen LogP contribution in [0.25, 0.3) is 11.1 Å². The van der Waals surface area contributed by atoms with E-state index in [-0.39, 0.29) is 17.5 Å². The second-order valence-electron chi connectivity index (χ2n) is 5.45. The van der Waals surface area contributed by atoms with Gasteiger partial charge in [0.15, 0.2) is 5.17 Å². The monoisotopic (exact) mass is 387 g/mol. The van der Waals surface area contributed by atoms with Crippen LogP contribution in [0.4, 0.5) is 0 Å². The number of rotatable bonds is 5. The minimum atomic E-state index is -1.03. The Kier molecular flexibility index (Phi) is 5.70. The number of halogens is 1. The van der Waals surface area contributed by atoms with E-state index in [0.29, 0.717) is 10.6 Å². The molecule has 26 heavy (non-hydrogen) atoms. The molecule has 1 amide bonds. The van der Waals surface area contributed by atoms with Crippen LogP contribution in [0.1, 0.15) is 12.0 Å². The molecule has 132 valence electrons. The van der Waals surface area contributed by atoms with Crippen molar-refractivity contribution in [3.8, 4) is 11.1 Å². The molecule has 1 saturated heterocycles. The summed E-state index contributed by atoms with van der Waals surface area (Å²) in [5.41, 5.74) is 2.74. The first-order chi connectivity index (χ1) is 12.5. The van der Waals surface area contributed by atoms with E-state index in [1.807, 2.05) is 48.5 Å². The predicted octanol–water partition coefficient (Wildman–Crippen LogP) is 3.40. The first-order valence-electron chi connectivity index (χ1n) is 7.68. The second kappa shape index (κ2) is 8.16. The Morgan fingerprint density at radius 3 is 2.69 bits per heavy atom. The van der Waals surface area contributed by atoms with E-state index in [1.54, 1.807) is 0 Å². The van der Waals surface area contributed by atoms with Crippen LogP contribution >= 0.6 is 23.4 Å². The maximum absolute atomic E-state index is 11.6. The van der Waals surface area contributed by atoms with Crippen LogP contribution in [0.5, 0.6) is 0 Å². The smallest absolute Gasteiger partial charge is 0.305 e. The SMILES string of the molecule is O=C(O)CC1SC(=NN=Cc2ccc(-c3ccccc3)cc2Cl)NC1=O. The molecule has 2 aromatic carbocycles. The van der Waals surface area contributed by atoms with Crippen LogP contribution in [-0.2, 0) is 9.59 Å². The molecular weight excluding hydrogens is 374 g/mol. The van der Waals surface area contributed by atoms with Crippen LogP contribution < -0.4 is 5.32 Å². The Bertz CT molecular complexity index is 900. The van der Waals surface area contributed by atoms with Gasteiger partial charge in [-0.1, -0.05) is 65.8 Å². The molecule has 0 bridgehead atoms. The molecule has 0 aliphatic carbocycles. The second-order valence-corrected chi connectivity index (χ2v) is 7.04. The summed E-state index contributed by atoms with van der Waals surface area (Å²) in [6, 6.07) is 15.5. The molecule has 0 saturated carbocycles. The number of benzene rings is 2. The van der Waals surface area contributed by atoms with Gasteiger partial charge in [0, 0.05) is 5.56 Å². The van der Waals surface area contributed by atoms with Crippen molar-refractivity contribution in [3.63, 3.8) is 0 Å². The number of carboxylic acid groups (broad SMARTS) is 1. The third kappa shape index (κ3) is 4.50. The third-order valence-corrected chi connectivity index (χ3v) is 4.99. The average molecular weight is 388 g/mol. The van der Waals surface area contributed by atoms with Gasteiger partial charge in [-0.15, -0.1) is 5.10 Å². The number of carbonyl (C=O) groups excluding carboxylic acids is 1. The Labute approximate surface area is 159 Å². The van der Waals surface area contributed by atoms with Crippen LogP contribution in [0.3, 0.4) is 0 Å². The minimum Gasteiger partial charge on any atom is -0.481 e. The Hall–Kier alpha value is -2.64. The van der Waals surface area contributed by atoms with Gasteiger partial charge < -0.3 is 10.4 Å². The molecule has 6 nitrogen and oxygen atoms in total. The van der Waals surface area contributed by atoms with Gasteiger partial charge in [0.05, 0.1) is 17.7 Å². The first-order valence-corrected chi connectivity index (χ1v) is 8.94. The number of nitrogens with one attached hydrogen (secondary N) is 1. The van der Waals surface area contributed by atoms with Gasteiger partial charge in [-0.2, -0.15) is 5.10 Å². The van der Waals surface area contributed by atoms with E-state index < -0.39 is 11.2 Å². The van der Waals surface area contributed by atoms with E-state index in [0.717, 1.165) is 22.9 Å². The molecule has 2 N–H and O–H groups in total. The largest absolute Gasteiger partial charge is 0.481 e. The molecule has 1 heterocycles. The molecule has 1 fully saturated rings. The van der Waals surface area contributed by atoms with Crippen LogP contribution in [0, 0.1) is 0 Å². The Morgan fingerprint density at radius 1 is 1.23 bits per heavy atom. The molecular formula is C18H14ClN3O3S. The highest BCUT2D eigenvalue weighted by Gasteiger charge is 2.32. The summed E-state index contributed by atoms with van der Waals surface area (Å²) in [6.07, 6.45) is 1.23. The number of nitrogens with zero attached hydrogens (tertiary/aromatic N) is 2. The summed E-state index contributed by atoms with van der Waals surface area (Å²) in [5, 5.41) is 19.2. The van der Waals surface area contributed by atoms with E-state index in [1.165, 1.54) is 6.21 Å². The number of carboxylic acids is 1. The quantitative estimate of drug-likeness (QED) is 0.607. The summed E-state index contributed by atoms with van der Waals surface area (Å²) < 4.78 is 0. The van der Waals surface area contributed by atoms with Crippen molar-refractivity contribution in [2.75, 3.05) is 0 Å². The van der Waals surface area contributed by atoms with Gasteiger partial charge in [-0.3, -0.25) is 9.59 Å². The van der Waals surface area contributed by atoms with Crippen LogP contribution in [-0.4, -0.2) is 33.6 Å². The number of thioether (sulfide) groups is 1. The van der Waals surface area contributed by atoms with E-state index in [9.17, 15) is 9.59 Å². The zero-order valence-corrected chi connectivity index (χ0v) is 15.0. The summed E-state index contributed by atoms with van der Waals surface area (Å²) in [6.45, 7) is 0. The van der Waals surface area contributed by atoms with Gasteiger partial charge in [-0.05, 0) is 17.2 Å². The molecule has 0 radical (unpaired) electrons. The maximum atomic E-state index is 11.6. The maximum Gasteiger partial charge on any atom is 0.305 e. The van der Waals surface area contributed by atoms with Gasteiger partial charge in [0.25, 0.3) is 0 Å². The minimum absolute atomic E-state index is 0.258. The molecule has 1 unspecified atom stereocenters. The highest BCUT2D eigenvalue weighted by molar-refractivity contribution is 8.15. The van der Waals surface area contributed by atoms with Gasteiger partial charge in [0.1, 0.15) is 5.25 Å². The van der Waals surface area contributed by atoms with Gasteiger partial charge >= 0.3 is 5.97 Å². The molecule has 1 atom stereocenters. The van der Waals surface area contributed by atoms with Crippen molar-refractivity contribution >= 4 is 46.6 Å². The fourth-order valence-corrected chi connectivity index (χ4v) is 3.48. The number of aliphatic carboxylic acids is 1. The van der Waals surface area contributed by atoms with Crippen molar-refractivity contribution in [2.24, 2.45) is 10.2 Å². The molecule has 8 heteroatoms. The number of hydrogen-bond donors (Lipinski definition) is 2. The number of amides is 1. The Balaban J connectivity index is 1.69. The lowest BCUT2D eigenvalue weighted by Crippen LogP contribution is -2.26. The summed E-state index contributed by atoms with van der Waals surface area (Å²) in [5.74, 6) is -1.41. The molecule has 3 rings (SSSR count). The molecule has 0 spiro atoms. The number of carbonyl (C=O) groups is 2. The fraction of sp³-hybridized carbons (Fsp3) is 0.111. The molecule has 1 aliphatic heterocycles. The summed E-state index contributed by atoms with van der Waals surface area (Å²) in [7, 11) is 0. The first kappa shape index (κ1) is 18.2. The third-order valence-electron chi connectivity index (χ3n) is 3.59. The zero-order valence-electron chi connectivity index (χ0n) is 13.4. The summed E-state index contributed by atoms with van der Waals surface area (Å²) >= 11 is 7.35. The van der Waals surface area contributed by atoms with E-state index in [2.05, 4.69) is 15.5 Å². The Morgan fingerprint density at radius 2 is 2.00 bits per heavy atom. The van der Waals surface area contributed by atoms with Gasteiger partial charge in [0.2, 0.25) is 5.91 Å². The van der Waals surface area contributed by atoms with E-state index >= 15 is 0 Å². The van der Waals surface area contributed by atoms with Crippen LogP contribution in [0.15, 0.2) is 58.7 Å². The van der Waals surface area contributed by atoms with Crippen molar-refractivity contribution in [1.82, 2.24) is 5.32 Å². The number of hydrogen-bond acceptors (Lipinski definition) is 5. The lowest BCUT2D eigenvalue weighted by Gasteiger charge is -2.04. The average Bonchev–Trinajstić information content (AvgIpc) is 2.96. The topological polar surface area (TPSA) is 91.1 Å². The van der Waals surface area contributed by atoms with Crippen molar-refractivity contribution < 1.29 is 14.7 Å². The highest BCUT2D eigenvalue weighted by Crippen LogP contribution is 2.25. The fourth-order valence-electron chi connectivity index (χ4n) is 2.33. The predicted molar refractivity (Wildman–Crippen MR) is 104 cm³/mol. The number of amidine groups is 1. The lowest BCUT2D eigenvalue weighted by molar-refractivity contribution is -0.138. The molecule has 1 aliphatic rings. The van der Waals surface area contributed by atoms with Gasteiger partial charge in [-0.25, -0.2) is 0 Å². The standard InChI is InChI=1S/C18H14ClN3O3S/c19-14-8-12(11-4-2-1-3-5-11)6-7-13(14)10-20-22-18-21-17(25)15(26-18)9-16(23)24/h1-8,10,15H,9H2,(H,23,24)(H,21,22,25). The van der Waals surface area contributed by atoms with Crippen molar-refractivity contribution in [3.05, 3.63) is 59.1 Å².